The van der Waals surface area contributed by atoms with Crippen LogP contribution >= 0.6 is 0 Å². The number of rotatable bonds is 6. The van der Waals surface area contributed by atoms with E-state index in [-0.39, 0.29) is 18.7 Å². The fourth-order valence-corrected chi connectivity index (χ4v) is 3.50. The van der Waals surface area contributed by atoms with Crippen LogP contribution < -0.4 is 19.7 Å². The van der Waals surface area contributed by atoms with Crippen LogP contribution in [0.1, 0.15) is 17.2 Å². The second kappa shape index (κ2) is 8.91. The summed E-state index contributed by atoms with van der Waals surface area (Å²) in [6.45, 7) is 4.56. The summed E-state index contributed by atoms with van der Waals surface area (Å²) in [5.74, 6) is 1.33. The Morgan fingerprint density at radius 1 is 1.07 bits per heavy atom. The Morgan fingerprint density at radius 3 is 2.68 bits per heavy atom. The predicted octanol–water partition coefficient (Wildman–Crippen LogP) is 1.20. The Hall–Kier alpha value is -2.83. The zero-order valence-electron chi connectivity index (χ0n) is 15.7. The van der Waals surface area contributed by atoms with Crippen molar-refractivity contribution in [3.63, 3.8) is 0 Å². The molecule has 2 aromatic rings. The Morgan fingerprint density at radius 2 is 1.86 bits per heavy atom. The van der Waals surface area contributed by atoms with Gasteiger partial charge in [0.1, 0.15) is 25.7 Å². The molecule has 146 valence electrons. The highest BCUT2D eigenvalue weighted by Crippen LogP contribution is 2.32. The summed E-state index contributed by atoms with van der Waals surface area (Å²) in [5, 5.41) is 3.16. The second-order valence-corrected chi connectivity index (χ2v) is 6.98. The van der Waals surface area contributed by atoms with Crippen molar-refractivity contribution < 1.29 is 23.9 Å². The summed E-state index contributed by atoms with van der Waals surface area (Å²) in [4.78, 5) is 14.0. The van der Waals surface area contributed by atoms with Crippen molar-refractivity contribution in [3.8, 4) is 11.5 Å². The van der Waals surface area contributed by atoms with Crippen LogP contribution in [0.25, 0.3) is 6.08 Å². The van der Waals surface area contributed by atoms with Crippen LogP contribution in [0.3, 0.4) is 0 Å². The lowest BCUT2D eigenvalue weighted by Gasteiger charge is -2.28. The number of carbonyl (C=O) groups excluding carboxylic acids is 1. The fraction of sp³-hybridized carbons (Fsp3) is 0.318. The smallest absolute Gasteiger partial charge is 0.244 e. The van der Waals surface area contributed by atoms with E-state index in [4.69, 9.17) is 14.2 Å². The molecule has 6 nitrogen and oxygen atoms in total. The van der Waals surface area contributed by atoms with Gasteiger partial charge in [-0.2, -0.15) is 0 Å². The van der Waals surface area contributed by atoms with Gasteiger partial charge in [0, 0.05) is 6.08 Å². The van der Waals surface area contributed by atoms with Gasteiger partial charge in [0.15, 0.2) is 11.5 Å². The van der Waals surface area contributed by atoms with Crippen molar-refractivity contribution in [3.05, 3.63) is 65.7 Å². The van der Waals surface area contributed by atoms with Gasteiger partial charge in [0.25, 0.3) is 0 Å². The third-order valence-electron chi connectivity index (χ3n) is 5.03. The molecule has 2 heterocycles. The molecular weight excluding hydrogens is 356 g/mol. The molecule has 6 heteroatoms. The number of morpholine rings is 1. The van der Waals surface area contributed by atoms with Crippen molar-refractivity contribution in [2.45, 2.75) is 6.04 Å². The number of quaternary nitrogens is 1. The molecule has 0 aliphatic carbocycles. The van der Waals surface area contributed by atoms with E-state index in [1.165, 1.54) is 4.90 Å². The minimum absolute atomic E-state index is 0.0387. The number of ether oxygens (including phenoxy) is 3. The molecule has 1 atom stereocenters. The standard InChI is InChI=1S/C22H24N2O4/c25-22(9-7-17-6-8-20-21(14-17)28-16-27-20)23-19(18-4-2-1-3-5-18)15-24-10-12-26-13-11-24/h1-9,14,19H,10-13,15-16H2,(H,23,25)/p+1/b9-7+/t19-/m0/s1. The molecule has 0 unspecified atom stereocenters. The lowest BCUT2D eigenvalue weighted by molar-refractivity contribution is -0.909. The number of amides is 1. The van der Waals surface area contributed by atoms with Crippen molar-refractivity contribution in [1.82, 2.24) is 5.32 Å². The van der Waals surface area contributed by atoms with Gasteiger partial charge < -0.3 is 24.4 Å². The maximum absolute atomic E-state index is 12.6. The van der Waals surface area contributed by atoms with Gasteiger partial charge in [-0.3, -0.25) is 4.79 Å². The van der Waals surface area contributed by atoms with Crippen molar-refractivity contribution >= 4 is 12.0 Å². The van der Waals surface area contributed by atoms with Crippen LogP contribution in [-0.2, 0) is 9.53 Å². The molecule has 2 aliphatic rings. The van der Waals surface area contributed by atoms with Gasteiger partial charge in [-0.05, 0) is 29.3 Å². The van der Waals surface area contributed by atoms with E-state index in [0.29, 0.717) is 5.75 Å². The first-order valence-corrected chi connectivity index (χ1v) is 9.62. The van der Waals surface area contributed by atoms with Gasteiger partial charge in [-0.25, -0.2) is 0 Å². The van der Waals surface area contributed by atoms with Gasteiger partial charge in [-0.15, -0.1) is 0 Å². The first-order chi connectivity index (χ1) is 13.8. The Labute approximate surface area is 164 Å². The van der Waals surface area contributed by atoms with Gasteiger partial charge >= 0.3 is 0 Å². The van der Waals surface area contributed by atoms with Crippen molar-refractivity contribution in [1.29, 1.82) is 0 Å². The SMILES string of the molecule is O=C(/C=C/c1ccc2c(c1)OCO2)N[C@@H](C[NH+]1CCOCC1)c1ccccc1. The largest absolute Gasteiger partial charge is 0.454 e. The third-order valence-corrected chi connectivity index (χ3v) is 5.03. The van der Waals surface area contributed by atoms with E-state index in [1.54, 1.807) is 12.2 Å². The number of hydrogen-bond acceptors (Lipinski definition) is 4. The van der Waals surface area contributed by atoms with Gasteiger partial charge in [0.05, 0.1) is 13.2 Å². The molecule has 0 radical (unpaired) electrons. The molecule has 0 aromatic heterocycles. The number of nitrogens with one attached hydrogen (secondary N) is 2. The molecule has 4 rings (SSSR count). The van der Waals surface area contributed by atoms with Crippen LogP contribution in [0, 0.1) is 0 Å². The fourth-order valence-electron chi connectivity index (χ4n) is 3.50. The summed E-state index contributed by atoms with van der Waals surface area (Å²) in [6.07, 6.45) is 3.36. The van der Waals surface area contributed by atoms with E-state index in [0.717, 1.165) is 49.7 Å². The molecule has 28 heavy (non-hydrogen) atoms. The minimum atomic E-state index is -0.112. The van der Waals surface area contributed by atoms with Gasteiger partial charge in [0.2, 0.25) is 12.7 Å². The zero-order valence-corrected chi connectivity index (χ0v) is 15.7. The highest BCUT2D eigenvalue weighted by Gasteiger charge is 2.22. The minimum Gasteiger partial charge on any atom is -0.454 e. The molecule has 0 saturated carbocycles. The molecule has 2 N–H and O–H groups in total. The van der Waals surface area contributed by atoms with E-state index in [9.17, 15) is 4.79 Å². The molecule has 2 aliphatic heterocycles. The van der Waals surface area contributed by atoms with Crippen LogP contribution in [-0.4, -0.2) is 45.5 Å². The number of fused-ring (bicyclic) bond motifs is 1. The monoisotopic (exact) mass is 381 g/mol. The van der Waals surface area contributed by atoms with Gasteiger partial charge in [-0.1, -0.05) is 36.4 Å². The predicted molar refractivity (Wildman–Crippen MR) is 105 cm³/mol. The maximum atomic E-state index is 12.6. The average Bonchev–Trinajstić information content (AvgIpc) is 3.21. The Bertz CT molecular complexity index is 832. The van der Waals surface area contributed by atoms with E-state index in [2.05, 4.69) is 17.4 Å². The van der Waals surface area contributed by atoms with Crippen LogP contribution in [0.4, 0.5) is 0 Å². The third kappa shape index (κ3) is 4.71. The van der Waals surface area contributed by atoms with Crippen LogP contribution in [0.5, 0.6) is 11.5 Å². The summed E-state index contributed by atoms with van der Waals surface area (Å²) >= 11 is 0. The topological polar surface area (TPSA) is 61.2 Å². The lowest BCUT2D eigenvalue weighted by atomic mass is 10.1. The Balaban J connectivity index is 1.42. The van der Waals surface area contributed by atoms with E-state index in [1.807, 2.05) is 36.4 Å². The number of carbonyl (C=O) groups is 1. The highest BCUT2D eigenvalue weighted by molar-refractivity contribution is 5.92. The Kier molecular flexibility index (Phi) is 5.89. The normalized spacial score (nSPS) is 17.6. The first-order valence-electron chi connectivity index (χ1n) is 9.62. The van der Waals surface area contributed by atoms with Crippen molar-refractivity contribution in [2.75, 3.05) is 39.6 Å². The maximum Gasteiger partial charge on any atom is 0.244 e. The lowest BCUT2D eigenvalue weighted by Crippen LogP contribution is -3.14. The summed E-state index contributed by atoms with van der Waals surface area (Å²) < 4.78 is 16.1. The zero-order chi connectivity index (χ0) is 19.2. The van der Waals surface area contributed by atoms with E-state index >= 15 is 0 Å². The second-order valence-electron chi connectivity index (χ2n) is 6.98. The summed E-state index contributed by atoms with van der Waals surface area (Å²) in [7, 11) is 0. The highest BCUT2D eigenvalue weighted by atomic mass is 16.7. The molecule has 0 bridgehead atoms. The molecule has 1 amide bonds. The van der Waals surface area contributed by atoms with E-state index < -0.39 is 0 Å². The first kappa shape index (κ1) is 18.5. The van der Waals surface area contributed by atoms with Crippen LogP contribution in [0.2, 0.25) is 0 Å². The molecular formula is C22H25N2O4+. The molecule has 2 aromatic carbocycles. The molecule has 1 fully saturated rings. The number of benzene rings is 2. The summed E-state index contributed by atoms with van der Waals surface area (Å²) in [6, 6.07) is 15.7. The average molecular weight is 381 g/mol. The molecule has 1 saturated heterocycles. The quantitative estimate of drug-likeness (QED) is 0.739. The number of hydrogen-bond donors (Lipinski definition) is 2. The molecule has 0 spiro atoms. The van der Waals surface area contributed by atoms with Crippen LogP contribution in [0.15, 0.2) is 54.6 Å². The van der Waals surface area contributed by atoms with Crippen molar-refractivity contribution in [2.24, 2.45) is 0 Å². The summed E-state index contributed by atoms with van der Waals surface area (Å²) in [5.41, 5.74) is 2.01.